The van der Waals surface area contributed by atoms with Crippen LogP contribution in [0.5, 0.6) is 51.7 Å². The Kier molecular flexibility index (Phi) is 8.67. The van der Waals surface area contributed by atoms with Gasteiger partial charge in [-0.25, -0.2) is 0 Å². The number of aliphatic hydroxyl groups is 4. The number of allylic oxidation sites excluding steroid dienone is 1. The molecule has 1 aliphatic carbocycles. The third-order valence-corrected chi connectivity index (χ3v) is 11.0. The molecule has 0 saturated heterocycles. The average molecular weight is 745 g/mol. The van der Waals surface area contributed by atoms with Gasteiger partial charge in [-0.05, 0) is 53.4 Å². The lowest BCUT2D eigenvalue weighted by molar-refractivity contribution is -0.0188. The molecule has 0 amide bonds. The normalized spacial score (nSPS) is 25.0. The van der Waals surface area contributed by atoms with Crippen LogP contribution in [-0.4, -0.2) is 79.6 Å². The van der Waals surface area contributed by atoms with Crippen LogP contribution in [0.2, 0.25) is 0 Å². The zero-order valence-corrected chi connectivity index (χ0v) is 29.0. The van der Waals surface area contributed by atoms with E-state index in [1.54, 1.807) is 13.8 Å². The Labute approximate surface area is 308 Å². The third-order valence-electron chi connectivity index (χ3n) is 11.0. The Morgan fingerprint density at radius 3 is 1.94 bits per heavy atom. The van der Waals surface area contributed by atoms with E-state index in [0.29, 0.717) is 5.56 Å². The van der Waals surface area contributed by atoms with Crippen LogP contribution < -0.4 is 4.74 Å². The first-order chi connectivity index (χ1) is 25.5. The maximum atomic E-state index is 12.1. The highest BCUT2D eigenvalue weighted by Crippen LogP contribution is 2.58. The van der Waals surface area contributed by atoms with Crippen molar-refractivity contribution in [1.29, 1.82) is 0 Å². The molecule has 0 spiro atoms. The Morgan fingerprint density at radius 1 is 0.722 bits per heavy atom. The van der Waals surface area contributed by atoms with Gasteiger partial charge in [-0.15, -0.1) is 0 Å². The number of hydrogen-bond acceptors (Lipinski definition) is 14. The number of fused-ring (bicyclic) bond motifs is 1. The van der Waals surface area contributed by atoms with E-state index < -0.39 is 94.4 Å². The van der Waals surface area contributed by atoms with Crippen molar-refractivity contribution in [3.05, 3.63) is 112 Å². The van der Waals surface area contributed by atoms with E-state index in [-0.39, 0.29) is 57.3 Å². The van der Waals surface area contributed by atoms with E-state index in [2.05, 4.69) is 0 Å². The van der Waals surface area contributed by atoms with Crippen LogP contribution in [0, 0.1) is 5.92 Å². The highest BCUT2D eigenvalue weighted by atomic mass is 16.5. The van der Waals surface area contributed by atoms with Crippen molar-refractivity contribution in [3.63, 3.8) is 0 Å². The highest BCUT2D eigenvalue weighted by molar-refractivity contribution is 5.61. The van der Waals surface area contributed by atoms with Gasteiger partial charge in [-0.3, -0.25) is 0 Å². The second-order valence-corrected chi connectivity index (χ2v) is 14.7. The topological polar surface area (TPSA) is 261 Å². The summed E-state index contributed by atoms with van der Waals surface area (Å²) in [5, 5.41) is 130. The molecule has 0 fully saturated rings. The number of benzene rings is 4. The minimum Gasteiger partial charge on any atom is -0.509 e. The second kappa shape index (κ2) is 12.9. The average Bonchev–Trinajstić information content (AvgIpc) is 3.35. The van der Waals surface area contributed by atoms with Crippen molar-refractivity contribution in [2.45, 2.75) is 61.9 Å². The Morgan fingerprint density at radius 2 is 1.33 bits per heavy atom. The monoisotopic (exact) mass is 744 g/mol. The Hall–Kier alpha value is -5.96. The molecule has 0 radical (unpaired) electrons. The van der Waals surface area contributed by atoms with E-state index in [1.165, 1.54) is 60.7 Å². The van der Waals surface area contributed by atoms with Gasteiger partial charge < -0.3 is 70.8 Å². The molecule has 284 valence electrons. The lowest BCUT2D eigenvalue weighted by Crippen LogP contribution is -2.43. The smallest absolute Gasteiger partial charge is 0.157 e. The van der Waals surface area contributed by atoms with Crippen LogP contribution in [-0.2, 0) is 16.6 Å². The molecule has 54 heavy (non-hydrogen) atoms. The minimum atomic E-state index is -2.13. The summed E-state index contributed by atoms with van der Waals surface area (Å²) in [6, 6.07) is 12.8. The van der Waals surface area contributed by atoms with Gasteiger partial charge in [-0.1, -0.05) is 32.0 Å². The number of phenols is 8. The van der Waals surface area contributed by atoms with Crippen molar-refractivity contribution < 1.29 is 70.8 Å². The maximum absolute atomic E-state index is 12.1. The van der Waals surface area contributed by atoms with Crippen LogP contribution in [0.15, 0.2) is 83.8 Å². The van der Waals surface area contributed by atoms with Crippen molar-refractivity contribution in [1.82, 2.24) is 0 Å². The van der Waals surface area contributed by atoms with Crippen LogP contribution >= 0.6 is 0 Å². The number of ether oxygens (including phenoxy) is 2. The highest BCUT2D eigenvalue weighted by Gasteiger charge is 2.52. The summed E-state index contributed by atoms with van der Waals surface area (Å²) in [5.74, 6) is -5.62. The van der Waals surface area contributed by atoms with E-state index >= 15 is 0 Å². The van der Waals surface area contributed by atoms with Gasteiger partial charge in [0.1, 0.15) is 52.5 Å². The summed E-state index contributed by atoms with van der Waals surface area (Å²) in [5.41, 5.74) is -2.73. The molecule has 14 nitrogen and oxygen atoms in total. The first-order valence-corrected chi connectivity index (χ1v) is 17.1. The lowest BCUT2D eigenvalue weighted by atomic mass is 9.64. The van der Waals surface area contributed by atoms with E-state index in [0.717, 1.165) is 6.07 Å². The SMILES string of the molecule is CC(C)(c1c(O)ccc(CC2(O)C(O)=CC3=C2CC(CO)C(c2ccc(O)c(O)c2)O3)c1O)C1c2c(O)cc(O)cc2OC(c2ccc(O)c(O)c2)C1O. The number of aliphatic hydroxyl groups excluding tert-OH is 3. The fourth-order valence-corrected chi connectivity index (χ4v) is 8.24. The van der Waals surface area contributed by atoms with Gasteiger partial charge in [0.15, 0.2) is 34.7 Å². The van der Waals surface area contributed by atoms with Gasteiger partial charge in [0.2, 0.25) is 0 Å². The Bertz CT molecular complexity index is 2220. The summed E-state index contributed by atoms with van der Waals surface area (Å²) in [7, 11) is 0. The molecule has 14 heteroatoms. The molecule has 2 heterocycles. The zero-order valence-electron chi connectivity index (χ0n) is 29.0. The third kappa shape index (κ3) is 5.70. The summed E-state index contributed by atoms with van der Waals surface area (Å²) >= 11 is 0. The van der Waals surface area contributed by atoms with Crippen molar-refractivity contribution in [2.75, 3.05) is 6.61 Å². The minimum absolute atomic E-state index is 0.0256. The Balaban J connectivity index is 1.28. The molecule has 6 unspecified atom stereocenters. The predicted octanol–water partition coefficient (Wildman–Crippen LogP) is 4.64. The molecule has 2 aliphatic heterocycles. The first-order valence-electron chi connectivity index (χ1n) is 17.1. The quantitative estimate of drug-likeness (QED) is 0.115. The van der Waals surface area contributed by atoms with Crippen LogP contribution in [0.25, 0.3) is 0 Å². The molecule has 12 N–H and O–H groups in total. The summed E-state index contributed by atoms with van der Waals surface area (Å²) < 4.78 is 12.2. The van der Waals surface area contributed by atoms with Gasteiger partial charge in [0.25, 0.3) is 0 Å². The number of aromatic hydroxyl groups is 8. The largest absolute Gasteiger partial charge is 0.509 e. The fourth-order valence-electron chi connectivity index (χ4n) is 8.24. The summed E-state index contributed by atoms with van der Waals surface area (Å²) in [6.45, 7) is 2.78. The fraction of sp³-hybridized carbons (Fsp3) is 0.300. The molecular weight excluding hydrogens is 704 g/mol. The lowest BCUT2D eigenvalue weighted by Gasteiger charge is -2.45. The van der Waals surface area contributed by atoms with Crippen LogP contribution in [0.4, 0.5) is 0 Å². The van der Waals surface area contributed by atoms with Crippen LogP contribution in [0.1, 0.15) is 66.2 Å². The molecule has 7 rings (SSSR count). The molecule has 4 aromatic rings. The van der Waals surface area contributed by atoms with Crippen molar-refractivity contribution in [2.24, 2.45) is 5.92 Å². The molecule has 6 atom stereocenters. The molecule has 3 aliphatic rings. The molecule has 0 bridgehead atoms. The maximum Gasteiger partial charge on any atom is 0.157 e. The molecule has 4 aromatic carbocycles. The number of rotatable bonds is 7. The van der Waals surface area contributed by atoms with Crippen molar-refractivity contribution >= 4 is 0 Å². The predicted molar refractivity (Wildman–Crippen MR) is 190 cm³/mol. The van der Waals surface area contributed by atoms with E-state index in [4.69, 9.17) is 9.47 Å². The van der Waals surface area contributed by atoms with Gasteiger partial charge in [-0.2, -0.15) is 0 Å². The molecule has 0 saturated carbocycles. The molecule has 0 aromatic heterocycles. The van der Waals surface area contributed by atoms with Crippen molar-refractivity contribution in [3.8, 4) is 51.7 Å². The van der Waals surface area contributed by atoms with Gasteiger partial charge in [0.05, 0.1) is 6.61 Å². The zero-order chi connectivity index (χ0) is 39.0. The summed E-state index contributed by atoms with van der Waals surface area (Å²) in [4.78, 5) is 0. The first kappa shape index (κ1) is 36.4. The second-order valence-electron chi connectivity index (χ2n) is 14.7. The molecular formula is C40H40O14. The standard InChI is InChI=1S/C40H40O14/c1-39(2,34-32-28(48)12-21(42)13-30(32)54-38(36(34)51)18-4-7-24(44)27(47)11-18)33-25(45)8-5-19(35(33)50)15-40(52)22-9-20(16-41)37(53-29(22)14-31(40)49)17-3-6-23(43)26(46)10-17/h3-8,10-14,20,34,36-38,41-52H,9,15-16H2,1-2H3. The summed E-state index contributed by atoms with van der Waals surface area (Å²) in [6.07, 6.45) is -2.77. The number of hydrogen-bond donors (Lipinski definition) is 12. The van der Waals surface area contributed by atoms with E-state index in [9.17, 15) is 61.3 Å². The number of phenolic OH excluding ortho intramolecular Hbond substituents is 8. The van der Waals surface area contributed by atoms with Gasteiger partial charge in [0, 0.05) is 58.6 Å². The van der Waals surface area contributed by atoms with E-state index in [1.807, 2.05) is 0 Å². The van der Waals surface area contributed by atoms with Crippen LogP contribution in [0.3, 0.4) is 0 Å². The van der Waals surface area contributed by atoms with Gasteiger partial charge >= 0.3 is 0 Å².